The Morgan fingerprint density at radius 2 is 2.26 bits per heavy atom. The number of rotatable bonds is 7. The summed E-state index contributed by atoms with van der Waals surface area (Å²) in [5.74, 6) is 1.12. The molecule has 1 amide bonds. The van der Waals surface area contributed by atoms with E-state index in [0.717, 1.165) is 26.2 Å². The molecule has 6 heteroatoms. The molecule has 0 unspecified atom stereocenters. The van der Waals surface area contributed by atoms with Gasteiger partial charge in [0.25, 0.3) is 5.91 Å². The molecular formula is C17H27N3O3. The van der Waals surface area contributed by atoms with Crippen LogP contribution in [0.2, 0.25) is 0 Å². The van der Waals surface area contributed by atoms with Crippen molar-refractivity contribution in [1.29, 1.82) is 0 Å². The zero-order chi connectivity index (χ0) is 16.7. The average Bonchev–Trinajstić information content (AvgIpc) is 2.54. The Bertz CT molecular complexity index is 522. The van der Waals surface area contributed by atoms with Gasteiger partial charge in [-0.2, -0.15) is 0 Å². The first-order valence-electron chi connectivity index (χ1n) is 8.14. The molecule has 0 spiro atoms. The number of piperazine rings is 1. The lowest BCUT2D eigenvalue weighted by Gasteiger charge is -2.31. The van der Waals surface area contributed by atoms with E-state index in [4.69, 9.17) is 9.47 Å². The standard InChI is InChI=1S/C17H27N3O3/c1-4-18-17(21)12-23-15-6-5-14(9-16(15)22-3)11-20-8-7-19-13(2)10-20/h5-6,9,13,19H,4,7-8,10-12H2,1-3H3,(H,18,21)/t13-/m0/s1. The Balaban J connectivity index is 1.96. The van der Waals surface area contributed by atoms with Gasteiger partial charge in [0, 0.05) is 38.8 Å². The lowest BCUT2D eigenvalue weighted by atomic mass is 10.1. The molecule has 0 aliphatic carbocycles. The number of likely N-dealkylation sites (N-methyl/N-ethyl adjacent to an activating group) is 1. The first-order valence-corrected chi connectivity index (χ1v) is 8.14. The molecule has 6 nitrogen and oxygen atoms in total. The summed E-state index contributed by atoms with van der Waals surface area (Å²) < 4.78 is 10.9. The molecule has 1 aromatic rings. The topological polar surface area (TPSA) is 62.8 Å². The van der Waals surface area contributed by atoms with Crippen LogP contribution in [0.25, 0.3) is 0 Å². The van der Waals surface area contributed by atoms with E-state index in [2.05, 4.69) is 22.5 Å². The van der Waals surface area contributed by atoms with Gasteiger partial charge in [-0.25, -0.2) is 0 Å². The largest absolute Gasteiger partial charge is 0.493 e. The Kier molecular flexibility index (Phi) is 6.67. The summed E-state index contributed by atoms with van der Waals surface area (Å²) in [6.45, 7) is 8.67. The van der Waals surface area contributed by atoms with Crippen molar-refractivity contribution in [2.24, 2.45) is 0 Å². The van der Waals surface area contributed by atoms with Crippen LogP contribution >= 0.6 is 0 Å². The highest BCUT2D eigenvalue weighted by molar-refractivity contribution is 5.77. The van der Waals surface area contributed by atoms with E-state index in [-0.39, 0.29) is 12.5 Å². The van der Waals surface area contributed by atoms with Gasteiger partial charge in [-0.3, -0.25) is 9.69 Å². The van der Waals surface area contributed by atoms with Gasteiger partial charge < -0.3 is 20.1 Å². The number of nitrogens with zero attached hydrogens (tertiary/aromatic N) is 1. The van der Waals surface area contributed by atoms with Crippen molar-refractivity contribution in [2.45, 2.75) is 26.4 Å². The maximum absolute atomic E-state index is 11.5. The second-order valence-electron chi connectivity index (χ2n) is 5.82. The number of benzene rings is 1. The predicted molar refractivity (Wildman–Crippen MR) is 89.9 cm³/mol. The lowest BCUT2D eigenvalue weighted by molar-refractivity contribution is -0.123. The molecule has 2 rings (SSSR count). The summed E-state index contributed by atoms with van der Waals surface area (Å²) in [6.07, 6.45) is 0. The second-order valence-corrected chi connectivity index (χ2v) is 5.82. The van der Waals surface area contributed by atoms with Crippen molar-refractivity contribution in [3.05, 3.63) is 23.8 Å². The lowest BCUT2D eigenvalue weighted by Crippen LogP contribution is -2.48. The number of nitrogens with one attached hydrogen (secondary N) is 2. The molecule has 1 saturated heterocycles. The number of carbonyl (C=O) groups excluding carboxylic acids is 1. The highest BCUT2D eigenvalue weighted by Gasteiger charge is 2.16. The Labute approximate surface area is 138 Å². The summed E-state index contributed by atoms with van der Waals surface area (Å²) in [7, 11) is 1.62. The van der Waals surface area contributed by atoms with Crippen molar-refractivity contribution in [2.75, 3.05) is 39.9 Å². The molecule has 1 aromatic carbocycles. The minimum Gasteiger partial charge on any atom is -0.493 e. The molecule has 1 aliphatic rings. The maximum atomic E-state index is 11.5. The van der Waals surface area contributed by atoms with E-state index in [1.54, 1.807) is 7.11 Å². The quantitative estimate of drug-likeness (QED) is 0.785. The number of ether oxygens (including phenoxy) is 2. The van der Waals surface area contributed by atoms with E-state index in [0.29, 0.717) is 24.1 Å². The molecule has 1 heterocycles. The van der Waals surface area contributed by atoms with E-state index < -0.39 is 0 Å². The van der Waals surface area contributed by atoms with Gasteiger partial charge in [0.1, 0.15) is 0 Å². The number of amides is 1. The number of hydrogen-bond acceptors (Lipinski definition) is 5. The van der Waals surface area contributed by atoms with Crippen molar-refractivity contribution < 1.29 is 14.3 Å². The SMILES string of the molecule is CCNC(=O)COc1ccc(CN2CCN[C@@H](C)C2)cc1OC. The molecule has 0 radical (unpaired) electrons. The molecule has 23 heavy (non-hydrogen) atoms. The second kappa shape index (κ2) is 8.74. The normalized spacial score (nSPS) is 18.5. The van der Waals surface area contributed by atoms with Crippen LogP contribution < -0.4 is 20.1 Å². The molecule has 128 valence electrons. The fourth-order valence-electron chi connectivity index (χ4n) is 2.74. The van der Waals surface area contributed by atoms with E-state index >= 15 is 0 Å². The van der Waals surface area contributed by atoms with Crippen LogP contribution in [0.15, 0.2) is 18.2 Å². The summed E-state index contributed by atoms with van der Waals surface area (Å²) in [5, 5.41) is 6.15. The predicted octanol–water partition coefficient (Wildman–Crippen LogP) is 1.00. The third-order valence-electron chi connectivity index (χ3n) is 3.82. The van der Waals surface area contributed by atoms with Crippen LogP contribution in [0.4, 0.5) is 0 Å². The van der Waals surface area contributed by atoms with E-state index in [1.165, 1.54) is 5.56 Å². The average molecular weight is 321 g/mol. The summed E-state index contributed by atoms with van der Waals surface area (Å²) in [5.41, 5.74) is 1.18. The smallest absolute Gasteiger partial charge is 0.257 e. The maximum Gasteiger partial charge on any atom is 0.257 e. The van der Waals surface area contributed by atoms with Crippen molar-refractivity contribution >= 4 is 5.91 Å². The van der Waals surface area contributed by atoms with Crippen LogP contribution in [0.1, 0.15) is 19.4 Å². The Morgan fingerprint density at radius 3 is 2.96 bits per heavy atom. The molecule has 1 atom stereocenters. The van der Waals surface area contributed by atoms with Crippen LogP contribution in [0.3, 0.4) is 0 Å². The minimum atomic E-state index is -0.131. The van der Waals surface area contributed by atoms with Gasteiger partial charge in [-0.1, -0.05) is 6.07 Å². The first-order chi connectivity index (χ1) is 11.1. The molecular weight excluding hydrogens is 294 g/mol. The van der Waals surface area contributed by atoms with Crippen LogP contribution in [-0.2, 0) is 11.3 Å². The van der Waals surface area contributed by atoms with Crippen LogP contribution in [-0.4, -0.2) is 56.7 Å². The molecule has 0 bridgehead atoms. The molecule has 1 fully saturated rings. The third-order valence-corrected chi connectivity index (χ3v) is 3.82. The summed E-state index contributed by atoms with van der Waals surface area (Å²) in [6, 6.07) is 6.41. The van der Waals surface area contributed by atoms with Gasteiger partial charge in [-0.15, -0.1) is 0 Å². The van der Waals surface area contributed by atoms with E-state index in [9.17, 15) is 4.79 Å². The summed E-state index contributed by atoms with van der Waals surface area (Å²) in [4.78, 5) is 13.9. The molecule has 0 aromatic heterocycles. The van der Waals surface area contributed by atoms with Gasteiger partial charge in [0.2, 0.25) is 0 Å². The van der Waals surface area contributed by atoms with E-state index in [1.807, 2.05) is 25.1 Å². The Hall–Kier alpha value is -1.79. The van der Waals surface area contributed by atoms with Crippen molar-refractivity contribution in [3.63, 3.8) is 0 Å². The monoisotopic (exact) mass is 321 g/mol. The first kappa shape index (κ1) is 17.6. The van der Waals surface area contributed by atoms with Crippen molar-refractivity contribution in [1.82, 2.24) is 15.5 Å². The van der Waals surface area contributed by atoms with Crippen molar-refractivity contribution in [3.8, 4) is 11.5 Å². The molecule has 1 aliphatic heterocycles. The zero-order valence-corrected chi connectivity index (χ0v) is 14.2. The van der Waals surface area contributed by atoms with Crippen LogP contribution in [0, 0.1) is 0 Å². The fourth-order valence-corrected chi connectivity index (χ4v) is 2.74. The number of methoxy groups -OCH3 is 1. The Morgan fingerprint density at radius 1 is 1.43 bits per heavy atom. The molecule has 2 N–H and O–H groups in total. The highest BCUT2D eigenvalue weighted by Crippen LogP contribution is 2.28. The van der Waals surface area contributed by atoms with Gasteiger partial charge in [0.15, 0.2) is 18.1 Å². The van der Waals surface area contributed by atoms with Gasteiger partial charge in [-0.05, 0) is 31.5 Å². The highest BCUT2D eigenvalue weighted by atomic mass is 16.5. The van der Waals surface area contributed by atoms with Gasteiger partial charge >= 0.3 is 0 Å². The zero-order valence-electron chi connectivity index (χ0n) is 14.2. The number of hydrogen-bond donors (Lipinski definition) is 2. The van der Waals surface area contributed by atoms with Gasteiger partial charge in [0.05, 0.1) is 7.11 Å². The summed E-state index contributed by atoms with van der Waals surface area (Å²) >= 11 is 0. The van der Waals surface area contributed by atoms with Crippen LogP contribution in [0.5, 0.6) is 11.5 Å². The third kappa shape index (κ3) is 5.41. The fraction of sp³-hybridized carbons (Fsp3) is 0.588. The minimum absolute atomic E-state index is 0.00114. The number of carbonyl (C=O) groups is 1. The molecule has 0 saturated carbocycles.